The van der Waals surface area contributed by atoms with E-state index in [0.29, 0.717) is 24.7 Å². The Morgan fingerprint density at radius 1 is 0.737 bits per heavy atom. The number of benzene rings is 2. The first-order valence-electron chi connectivity index (χ1n) is 13.8. The van der Waals surface area contributed by atoms with Crippen LogP contribution < -0.4 is 4.74 Å². The minimum Gasteiger partial charge on any atom is -0.429 e. The maximum Gasteiger partial charge on any atom is 0.429 e. The van der Waals surface area contributed by atoms with Crippen molar-refractivity contribution < 1.29 is 35.5 Å². The van der Waals surface area contributed by atoms with Gasteiger partial charge in [0, 0.05) is 12.1 Å². The standard InChI is InChI=1S/C30H35F7O/c1-2-3-4-5-18-6-8-19(9-7-18)20-10-12-21(13-11-20)23-14-15-24(28(34)27(23)33)30(36,37)38-22-16-25(31)29(35)26(32)17-22/h14-21H,2-13H2,1H3. The molecule has 1 nitrogen and oxygen atoms in total. The average molecular weight is 545 g/mol. The molecule has 2 saturated carbocycles. The summed E-state index contributed by atoms with van der Waals surface area (Å²) < 4.78 is 103. The predicted molar refractivity (Wildman–Crippen MR) is 131 cm³/mol. The molecule has 2 aromatic rings. The van der Waals surface area contributed by atoms with Gasteiger partial charge in [-0.05, 0) is 73.8 Å². The van der Waals surface area contributed by atoms with Crippen molar-refractivity contribution in [2.45, 2.75) is 96.0 Å². The van der Waals surface area contributed by atoms with Crippen molar-refractivity contribution in [2.24, 2.45) is 17.8 Å². The van der Waals surface area contributed by atoms with Crippen LogP contribution in [-0.2, 0) is 6.11 Å². The lowest BCUT2D eigenvalue weighted by Gasteiger charge is -2.38. The van der Waals surface area contributed by atoms with E-state index in [2.05, 4.69) is 11.7 Å². The molecule has 0 spiro atoms. The second kappa shape index (κ2) is 12.3. The highest BCUT2D eigenvalue weighted by atomic mass is 19.3. The molecule has 0 bridgehead atoms. The van der Waals surface area contributed by atoms with Gasteiger partial charge >= 0.3 is 6.11 Å². The van der Waals surface area contributed by atoms with E-state index in [-0.39, 0.29) is 23.6 Å². The molecule has 0 saturated heterocycles. The van der Waals surface area contributed by atoms with Gasteiger partial charge in [-0.3, -0.25) is 0 Å². The van der Waals surface area contributed by atoms with E-state index in [1.807, 2.05) is 0 Å². The lowest BCUT2D eigenvalue weighted by Crippen LogP contribution is -2.26. The van der Waals surface area contributed by atoms with Gasteiger partial charge < -0.3 is 4.74 Å². The van der Waals surface area contributed by atoms with Crippen LogP contribution >= 0.6 is 0 Å². The zero-order valence-corrected chi connectivity index (χ0v) is 21.7. The summed E-state index contributed by atoms with van der Waals surface area (Å²) in [5.74, 6) is -7.73. The molecule has 2 fully saturated rings. The normalized spacial score (nSPS) is 24.4. The summed E-state index contributed by atoms with van der Waals surface area (Å²) in [4.78, 5) is 0. The lowest BCUT2D eigenvalue weighted by atomic mass is 9.68. The number of halogens is 7. The van der Waals surface area contributed by atoms with Crippen LogP contribution in [0.3, 0.4) is 0 Å². The molecule has 0 heterocycles. The molecule has 2 aromatic carbocycles. The van der Waals surface area contributed by atoms with Gasteiger partial charge in [0.25, 0.3) is 0 Å². The number of alkyl halides is 2. The molecule has 38 heavy (non-hydrogen) atoms. The Bertz CT molecular complexity index is 1060. The molecule has 4 rings (SSSR count). The van der Waals surface area contributed by atoms with Gasteiger partial charge in [0.05, 0.1) is 0 Å². The fourth-order valence-corrected chi connectivity index (χ4v) is 6.43. The molecule has 0 N–H and O–H groups in total. The first kappa shape index (κ1) is 28.8. The molecule has 2 aliphatic rings. The minimum atomic E-state index is -4.44. The van der Waals surface area contributed by atoms with E-state index >= 15 is 0 Å². The molecular weight excluding hydrogens is 509 g/mol. The number of unbranched alkanes of at least 4 members (excludes halogenated alkanes) is 2. The van der Waals surface area contributed by atoms with Gasteiger partial charge in [-0.2, -0.15) is 8.78 Å². The van der Waals surface area contributed by atoms with Crippen LogP contribution in [-0.4, -0.2) is 0 Å². The van der Waals surface area contributed by atoms with Crippen LogP contribution in [0.4, 0.5) is 30.7 Å². The third kappa shape index (κ3) is 6.48. The van der Waals surface area contributed by atoms with Gasteiger partial charge in [-0.1, -0.05) is 51.5 Å². The van der Waals surface area contributed by atoms with Crippen molar-refractivity contribution in [1.29, 1.82) is 0 Å². The summed E-state index contributed by atoms with van der Waals surface area (Å²) >= 11 is 0. The van der Waals surface area contributed by atoms with Crippen molar-refractivity contribution in [1.82, 2.24) is 0 Å². The Morgan fingerprint density at radius 3 is 1.89 bits per heavy atom. The Hall–Kier alpha value is -2.25. The summed E-state index contributed by atoms with van der Waals surface area (Å²) in [7, 11) is 0. The summed E-state index contributed by atoms with van der Waals surface area (Å²) in [5.41, 5.74) is -1.34. The third-order valence-electron chi connectivity index (χ3n) is 8.61. The van der Waals surface area contributed by atoms with Crippen molar-refractivity contribution >= 4 is 0 Å². The Labute approximate surface area is 219 Å². The zero-order chi connectivity index (χ0) is 27.4. The molecule has 210 valence electrons. The smallest absolute Gasteiger partial charge is 0.429 e. The van der Waals surface area contributed by atoms with Crippen LogP contribution in [0.25, 0.3) is 0 Å². The van der Waals surface area contributed by atoms with Gasteiger partial charge in [0.1, 0.15) is 11.3 Å². The molecule has 2 aliphatic carbocycles. The van der Waals surface area contributed by atoms with Crippen LogP contribution in [0.2, 0.25) is 0 Å². The molecular formula is C30H35F7O. The fraction of sp³-hybridized carbons (Fsp3) is 0.600. The third-order valence-corrected chi connectivity index (χ3v) is 8.61. The largest absolute Gasteiger partial charge is 0.429 e. The van der Waals surface area contributed by atoms with Crippen LogP contribution in [0.5, 0.6) is 5.75 Å². The number of hydrogen-bond donors (Lipinski definition) is 0. The molecule has 8 heteroatoms. The quantitative estimate of drug-likeness (QED) is 0.173. The Balaban J connectivity index is 1.36. The van der Waals surface area contributed by atoms with Crippen molar-refractivity contribution in [2.75, 3.05) is 0 Å². The zero-order valence-electron chi connectivity index (χ0n) is 21.7. The van der Waals surface area contributed by atoms with E-state index in [9.17, 15) is 30.7 Å². The molecule has 0 unspecified atom stereocenters. The summed E-state index contributed by atoms with van der Waals surface area (Å²) in [6.45, 7) is 2.22. The summed E-state index contributed by atoms with van der Waals surface area (Å²) in [6.07, 6.45) is 8.83. The average Bonchev–Trinajstić information content (AvgIpc) is 2.89. The molecule has 0 amide bonds. The van der Waals surface area contributed by atoms with Crippen LogP contribution in [0, 0.1) is 46.8 Å². The monoisotopic (exact) mass is 544 g/mol. The number of hydrogen-bond acceptors (Lipinski definition) is 1. The van der Waals surface area contributed by atoms with E-state index in [1.54, 1.807) is 0 Å². The first-order chi connectivity index (χ1) is 18.1. The second-order valence-electron chi connectivity index (χ2n) is 11.0. The van der Waals surface area contributed by atoms with Crippen LogP contribution in [0.1, 0.15) is 101 Å². The maximum atomic E-state index is 15.0. The molecule has 0 aromatic heterocycles. The Kier molecular flexibility index (Phi) is 9.30. The van der Waals surface area contributed by atoms with E-state index < -0.39 is 46.5 Å². The van der Waals surface area contributed by atoms with Gasteiger partial charge in [-0.25, -0.2) is 22.0 Å². The molecule has 0 atom stereocenters. The highest BCUT2D eigenvalue weighted by molar-refractivity contribution is 5.33. The SMILES string of the molecule is CCCCCC1CCC(C2CCC(c3ccc(C(F)(F)Oc4cc(F)c(F)c(F)c4)c(F)c3F)CC2)CC1. The van der Waals surface area contributed by atoms with Gasteiger partial charge in [-0.15, -0.1) is 0 Å². The van der Waals surface area contributed by atoms with Crippen molar-refractivity contribution in [3.05, 3.63) is 64.5 Å². The number of rotatable bonds is 9. The van der Waals surface area contributed by atoms with Crippen molar-refractivity contribution in [3.8, 4) is 5.75 Å². The predicted octanol–water partition coefficient (Wildman–Crippen LogP) is 10.2. The highest BCUT2D eigenvalue weighted by Gasteiger charge is 2.41. The van der Waals surface area contributed by atoms with Gasteiger partial charge in [0.15, 0.2) is 29.1 Å². The summed E-state index contributed by atoms with van der Waals surface area (Å²) in [6, 6.07) is 2.32. The van der Waals surface area contributed by atoms with Gasteiger partial charge in [0.2, 0.25) is 0 Å². The number of ether oxygens (including phenoxy) is 1. The Morgan fingerprint density at radius 2 is 1.32 bits per heavy atom. The molecule has 0 radical (unpaired) electrons. The van der Waals surface area contributed by atoms with Crippen LogP contribution in [0.15, 0.2) is 24.3 Å². The second-order valence-corrected chi connectivity index (χ2v) is 11.0. The van der Waals surface area contributed by atoms with E-state index in [1.165, 1.54) is 51.4 Å². The topological polar surface area (TPSA) is 9.23 Å². The maximum absolute atomic E-state index is 15.0. The fourth-order valence-electron chi connectivity index (χ4n) is 6.43. The van der Waals surface area contributed by atoms with E-state index in [0.717, 1.165) is 30.9 Å². The first-order valence-corrected chi connectivity index (χ1v) is 13.8. The minimum absolute atomic E-state index is 0.0546. The highest BCUT2D eigenvalue weighted by Crippen LogP contribution is 2.46. The van der Waals surface area contributed by atoms with E-state index in [4.69, 9.17) is 0 Å². The van der Waals surface area contributed by atoms with Crippen molar-refractivity contribution in [3.63, 3.8) is 0 Å². The summed E-state index contributed by atoms with van der Waals surface area (Å²) in [5, 5.41) is 0. The molecule has 0 aliphatic heterocycles. The lowest BCUT2D eigenvalue weighted by molar-refractivity contribution is -0.188.